The van der Waals surface area contributed by atoms with Gasteiger partial charge in [0.15, 0.2) is 5.12 Å². The zero-order chi connectivity index (χ0) is 67.1. The van der Waals surface area contributed by atoms with E-state index in [1.165, 1.54) is 111 Å². The maximum atomic E-state index is 14.6. The molecule has 0 aromatic carbocycles. The molecule has 0 aromatic rings. The van der Waals surface area contributed by atoms with Gasteiger partial charge in [-0.2, -0.15) is 23.5 Å². The lowest BCUT2D eigenvalue weighted by atomic mass is 10.0. The summed E-state index contributed by atoms with van der Waals surface area (Å²) < 4.78 is 10.5. The molecule has 1 heterocycles. The number of methoxy groups -OCH3 is 1. The number of nitrogens with one attached hydrogen (secondary N) is 6. The number of alkyl carbamates (subject to hydrolysis) is 1. The van der Waals surface area contributed by atoms with Crippen molar-refractivity contribution in [2.24, 2.45) is 0 Å². The van der Waals surface area contributed by atoms with Gasteiger partial charge in [0.05, 0.1) is 13.7 Å². The van der Waals surface area contributed by atoms with Crippen LogP contribution in [0.3, 0.4) is 0 Å². The second-order valence-electron chi connectivity index (χ2n) is 24.4. The molecule has 7 N–H and O–H groups in total. The number of nitrogens with zero attached hydrogens (tertiary/aromatic N) is 1. The van der Waals surface area contributed by atoms with E-state index in [1.54, 1.807) is 20.8 Å². The molecule has 0 saturated heterocycles. The summed E-state index contributed by atoms with van der Waals surface area (Å²) in [7, 11) is 1.21. The molecule has 20 nitrogen and oxygen atoms in total. The van der Waals surface area contributed by atoms with Gasteiger partial charge in [0.25, 0.3) is 11.8 Å². The number of allylic oxidation sites excluding steroid dienone is 5. The summed E-state index contributed by atoms with van der Waals surface area (Å²) in [4.78, 5) is 134. The lowest BCUT2D eigenvalue weighted by molar-refractivity contribution is -0.144. The number of hydrogen-bond donors (Lipinski definition) is 7. The van der Waals surface area contributed by atoms with Gasteiger partial charge in [-0.1, -0.05) is 137 Å². The number of hydrogen-bond acceptors (Lipinski definition) is 16. The molecule has 23 heteroatoms. The average molecular weight is 1320 g/mol. The molecular weight excluding hydrogens is 1210 g/mol. The van der Waals surface area contributed by atoms with E-state index in [0.717, 1.165) is 68.0 Å². The van der Waals surface area contributed by atoms with Gasteiger partial charge in [0.1, 0.15) is 35.8 Å². The Morgan fingerprint density at radius 1 is 0.589 bits per heavy atom. The van der Waals surface area contributed by atoms with Crippen LogP contribution in [0.2, 0.25) is 0 Å². The normalized spacial score (nSPS) is 14.2. The van der Waals surface area contributed by atoms with E-state index in [0.29, 0.717) is 43.6 Å². The molecule has 0 aromatic heterocycles. The number of esters is 1. The number of carbonyl (C=O) groups is 10. The second-order valence-corrected chi connectivity index (χ2v) is 27.6. The van der Waals surface area contributed by atoms with Crippen molar-refractivity contribution in [3.05, 3.63) is 47.1 Å². The number of amides is 8. The van der Waals surface area contributed by atoms with Gasteiger partial charge in [-0.15, -0.1) is 0 Å². The third kappa shape index (κ3) is 41.4. The minimum absolute atomic E-state index is 0.0159. The Balaban J connectivity index is 3.36. The molecule has 1 aliphatic heterocycles. The summed E-state index contributed by atoms with van der Waals surface area (Å²) in [5.41, 5.74) is 3.09. The molecule has 0 saturated carbocycles. The van der Waals surface area contributed by atoms with Crippen molar-refractivity contribution in [3.63, 3.8) is 0 Å². The summed E-state index contributed by atoms with van der Waals surface area (Å²) >= 11 is 3.69. The predicted octanol–water partition coefficient (Wildman–Crippen LogP) is 10.4. The molecule has 90 heavy (non-hydrogen) atoms. The molecule has 1 rings (SSSR count). The van der Waals surface area contributed by atoms with Crippen LogP contribution in [-0.2, 0) is 52.6 Å². The molecule has 0 spiro atoms. The van der Waals surface area contributed by atoms with Gasteiger partial charge in [-0.3, -0.25) is 43.3 Å². The van der Waals surface area contributed by atoms with E-state index >= 15 is 0 Å². The first-order valence-electron chi connectivity index (χ1n) is 32.8. The minimum atomic E-state index is -1.62. The highest BCUT2D eigenvalue weighted by atomic mass is 32.2. The Kier molecular flexibility index (Phi) is 46.4. The Morgan fingerprint density at radius 2 is 1.10 bits per heavy atom. The lowest BCUT2D eigenvalue weighted by Crippen LogP contribution is -2.60. The third-order valence-corrected chi connectivity index (χ3v) is 17.4. The molecule has 512 valence electrons. The standard InChI is InChI=1S/C67H113N7O13S3/c1-11-12-13-14-15-16-17-18-19-20-21-22-25-37-60(79)90-48-55(72-63(82)54(46-75)71-62(81)53(41-44-88-10)69-57(76)36-24-23-28-43-74-58(77)38-39-59(74)78)64(83)70-52(35-26-27-42-68-66(85)87-67(6,7)8)61(80)73-56(65(84)86-9)47-89-45-40-51(5)34-30-33-50(4)32-29-31-49(2)3/h31,33,38-40,52-56,75H,11-30,32,34-37,41-48H2,1-10H3,(H,68,85)(H,69,76)(H,70,83)(H,71,81)(H,72,82)(H,73,80)/b50-33+,51-40+/t52-,53-,54-,55-,56-/m0/s1. The molecule has 1 aliphatic rings. The molecule has 8 amide bonds. The van der Waals surface area contributed by atoms with Crippen LogP contribution >= 0.6 is 35.3 Å². The zero-order valence-corrected chi connectivity index (χ0v) is 58.6. The Bertz CT molecular complexity index is 2300. The van der Waals surface area contributed by atoms with E-state index < -0.39 is 84.0 Å². The van der Waals surface area contributed by atoms with Crippen LogP contribution in [-0.4, -0.2) is 160 Å². The molecule has 5 atom stereocenters. The van der Waals surface area contributed by atoms with E-state index in [-0.39, 0.29) is 73.6 Å². The summed E-state index contributed by atoms with van der Waals surface area (Å²) in [6, 6.07) is -6.62. The first kappa shape index (κ1) is 82.9. The van der Waals surface area contributed by atoms with Gasteiger partial charge in [0, 0.05) is 55.3 Å². The Labute approximate surface area is 551 Å². The number of unbranched alkanes of at least 4 members (excludes halogenated alkanes) is 15. The second kappa shape index (κ2) is 50.4. The maximum absolute atomic E-state index is 14.6. The fourth-order valence-electron chi connectivity index (χ4n) is 9.44. The monoisotopic (exact) mass is 1320 g/mol. The van der Waals surface area contributed by atoms with Gasteiger partial charge < -0.3 is 46.5 Å². The number of thioether (sulfide) groups is 3. The maximum Gasteiger partial charge on any atom is 0.407 e. The average Bonchev–Trinajstić information content (AvgIpc) is 2.10. The van der Waals surface area contributed by atoms with E-state index in [2.05, 4.69) is 84.7 Å². The Hall–Kier alpha value is -5.13. The van der Waals surface area contributed by atoms with Crippen molar-refractivity contribution < 1.29 is 62.5 Å². The van der Waals surface area contributed by atoms with Crippen LogP contribution in [0.25, 0.3) is 0 Å². The fourth-order valence-corrected chi connectivity index (χ4v) is 11.8. The van der Waals surface area contributed by atoms with Gasteiger partial charge in [0.2, 0.25) is 29.5 Å². The van der Waals surface area contributed by atoms with Crippen molar-refractivity contribution in [3.8, 4) is 0 Å². The third-order valence-electron chi connectivity index (χ3n) is 14.8. The van der Waals surface area contributed by atoms with Crippen molar-refractivity contribution >= 4 is 93.8 Å². The van der Waals surface area contributed by atoms with Crippen molar-refractivity contribution in [2.75, 3.05) is 56.1 Å². The molecular formula is C67H113N7O13S3. The number of carbonyl (C=O) groups excluding carboxylic acids is 10. The first-order chi connectivity index (χ1) is 42.9. The van der Waals surface area contributed by atoms with Crippen molar-refractivity contribution in [1.29, 1.82) is 0 Å². The van der Waals surface area contributed by atoms with E-state index in [4.69, 9.17) is 9.47 Å². The highest BCUT2D eigenvalue weighted by molar-refractivity contribution is 8.13. The topological polar surface area (TPSA) is 285 Å². The van der Waals surface area contributed by atoms with Gasteiger partial charge in [-0.25, -0.2) is 9.59 Å². The SMILES string of the molecule is CCCCCCCCCCCCCCCC(=O)SC[C@H](NC(=O)[C@H](CO)NC(=O)[C@H](CCSC)NC(=O)CCCCCN1C(=O)C=CC1=O)C(=O)N[C@@H](CCCCNC(=O)OC(C)(C)C)C(=O)N[C@@H](CSC/C=C(\C)CC/C=C(\C)CCC=C(C)C)C(=O)OC. The Morgan fingerprint density at radius 3 is 1.68 bits per heavy atom. The highest BCUT2D eigenvalue weighted by Gasteiger charge is 2.33. The van der Waals surface area contributed by atoms with Gasteiger partial charge >= 0.3 is 12.1 Å². The summed E-state index contributed by atoms with van der Waals surface area (Å²) in [5.74, 6) is -4.36. The molecule has 0 radical (unpaired) electrons. The minimum Gasteiger partial charge on any atom is -0.467 e. The van der Waals surface area contributed by atoms with Crippen LogP contribution in [0.5, 0.6) is 0 Å². The number of aliphatic hydroxyl groups is 1. The van der Waals surface area contributed by atoms with Crippen molar-refractivity contribution in [1.82, 2.24) is 36.8 Å². The van der Waals surface area contributed by atoms with Gasteiger partial charge in [-0.05, 0) is 131 Å². The number of ether oxygens (including phenoxy) is 2. The zero-order valence-electron chi connectivity index (χ0n) is 56.1. The molecule has 0 unspecified atom stereocenters. The predicted molar refractivity (Wildman–Crippen MR) is 365 cm³/mol. The van der Waals surface area contributed by atoms with Crippen LogP contribution < -0.4 is 31.9 Å². The smallest absolute Gasteiger partial charge is 0.407 e. The number of rotatable bonds is 51. The lowest BCUT2D eigenvalue weighted by Gasteiger charge is -2.26. The molecule has 0 aliphatic carbocycles. The van der Waals surface area contributed by atoms with Crippen LogP contribution in [0.1, 0.15) is 222 Å². The van der Waals surface area contributed by atoms with E-state index in [9.17, 15) is 53.1 Å². The summed E-state index contributed by atoms with van der Waals surface area (Å²) in [6.45, 7) is 15.3. The van der Waals surface area contributed by atoms with Crippen LogP contribution in [0.15, 0.2) is 47.1 Å². The first-order valence-corrected chi connectivity index (χ1v) is 36.3. The quantitative estimate of drug-likeness (QED) is 0.0129. The number of imide groups is 1. The largest absolute Gasteiger partial charge is 0.467 e. The molecule has 0 bridgehead atoms. The fraction of sp³-hybridized carbons (Fsp3) is 0.731. The highest BCUT2D eigenvalue weighted by Crippen LogP contribution is 2.19. The van der Waals surface area contributed by atoms with E-state index in [1.807, 2.05) is 6.26 Å². The number of aliphatic hydroxyl groups excluding tert-OH is 1. The summed E-state index contributed by atoms with van der Waals surface area (Å²) in [6.07, 6.45) is 31.3. The summed E-state index contributed by atoms with van der Waals surface area (Å²) in [5, 5.41) is 26.4. The van der Waals surface area contributed by atoms with Crippen molar-refractivity contribution in [2.45, 2.75) is 258 Å². The molecule has 0 fully saturated rings. The van der Waals surface area contributed by atoms with Crippen LogP contribution in [0.4, 0.5) is 4.79 Å². The van der Waals surface area contributed by atoms with Crippen LogP contribution in [0, 0.1) is 0 Å².